The van der Waals surface area contributed by atoms with Gasteiger partial charge in [-0.1, -0.05) is 18.2 Å². The number of allylic oxidation sites excluding steroid dienone is 2. The SMILES string of the molecule is O=C1C=CCC(c2ccc(F)cc2)C1. The van der Waals surface area contributed by atoms with Gasteiger partial charge in [0, 0.05) is 6.42 Å². The number of halogens is 1. The van der Waals surface area contributed by atoms with Gasteiger partial charge < -0.3 is 0 Å². The summed E-state index contributed by atoms with van der Waals surface area (Å²) in [5, 5.41) is 0. The zero-order valence-corrected chi connectivity index (χ0v) is 7.74. The molecule has 0 amide bonds. The Balaban J connectivity index is 2.19. The Morgan fingerprint density at radius 2 is 1.93 bits per heavy atom. The zero-order valence-electron chi connectivity index (χ0n) is 7.74. The van der Waals surface area contributed by atoms with Gasteiger partial charge in [-0.15, -0.1) is 0 Å². The van der Waals surface area contributed by atoms with Crippen LogP contribution in [0.25, 0.3) is 0 Å². The fourth-order valence-corrected chi connectivity index (χ4v) is 1.75. The third-order valence-electron chi connectivity index (χ3n) is 2.51. The van der Waals surface area contributed by atoms with E-state index in [0.717, 1.165) is 12.0 Å². The van der Waals surface area contributed by atoms with Crippen molar-refractivity contribution in [3.8, 4) is 0 Å². The van der Waals surface area contributed by atoms with Crippen LogP contribution < -0.4 is 0 Å². The predicted octanol–water partition coefficient (Wildman–Crippen LogP) is 2.83. The zero-order chi connectivity index (χ0) is 9.97. The molecule has 1 aromatic carbocycles. The van der Waals surface area contributed by atoms with E-state index in [-0.39, 0.29) is 17.5 Å². The number of hydrogen-bond donors (Lipinski definition) is 0. The lowest BCUT2D eigenvalue weighted by atomic mass is 9.87. The van der Waals surface area contributed by atoms with Gasteiger partial charge in [-0.2, -0.15) is 0 Å². The number of ketones is 1. The Hall–Kier alpha value is -1.44. The Morgan fingerprint density at radius 3 is 2.57 bits per heavy atom. The molecule has 0 saturated heterocycles. The van der Waals surface area contributed by atoms with Gasteiger partial charge in [-0.25, -0.2) is 4.39 Å². The van der Waals surface area contributed by atoms with Crippen LogP contribution in [0, 0.1) is 5.82 Å². The molecule has 14 heavy (non-hydrogen) atoms. The van der Waals surface area contributed by atoms with Crippen molar-refractivity contribution >= 4 is 5.78 Å². The molecule has 2 rings (SSSR count). The second kappa shape index (κ2) is 3.74. The predicted molar refractivity (Wildman–Crippen MR) is 52.5 cm³/mol. The second-order valence-electron chi connectivity index (χ2n) is 3.56. The Morgan fingerprint density at radius 1 is 1.21 bits per heavy atom. The molecule has 0 radical (unpaired) electrons. The molecule has 0 saturated carbocycles. The van der Waals surface area contributed by atoms with Gasteiger partial charge in [0.1, 0.15) is 5.82 Å². The van der Waals surface area contributed by atoms with Crippen molar-refractivity contribution in [2.24, 2.45) is 0 Å². The molecule has 1 aliphatic rings. The Labute approximate surface area is 82.3 Å². The first kappa shape index (κ1) is 9.13. The highest BCUT2D eigenvalue weighted by molar-refractivity contribution is 5.91. The minimum atomic E-state index is -0.230. The van der Waals surface area contributed by atoms with E-state index < -0.39 is 0 Å². The molecule has 0 aliphatic heterocycles. The largest absolute Gasteiger partial charge is 0.295 e. The first-order valence-electron chi connectivity index (χ1n) is 4.70. The number of hydrogen-bond acceptors (Lipinski definition) is 1. The average Bonchev–Trinajstić information content (AvgIpc) is 2.19. The molecule has 0 heterocycles. The van der Waals surface area contributed by atoms with Crippen molar-refractivity contribution in [1.82, 2.24) is 0 Å². The van der Waals surface area contributed by atoms with Crippen LogP contribution in [-0.4, -0.2) is 5.78 Å². The van der Waals surface area contributed by atoms with E-state index >= 15 is 0 Å². The van der Waals surface area contributed by atoms with Crippen LogP contribution in [0.4, 0.5) is 4.39 Å². The molecule has 1 atom stereocenters. The van der Waals surface area contributed by atoms with Crippen molar-refractivity contribution in [1.29, 1.82) is 0 Å². The fraction of sp³-hybridized carbons (Fsp3) is 0.250. The van der Waals surface area contributed by atoms with Crippen LogP contribution in [0.2, 0.25) is 0 Å². The monoisotopic (exact) mass is 190 g/mol. The molecule has 0 bridgehead atoms. The maximum atomic E-state index is 12.6. The molecule has 72 valence electrons. The number of benzene rings is 1. The van der Waals surface area contributed by atoms with Gasteiger partial charge in [-0.3, -0.25) is 4.79 Å². The van der Waals surface area contributed by atoms with Crippen molar-refractivity contribution < 1.29 is 9.18 Å². The van der Waals surface area contributed by atoms with E-state index in [1.165, 1.54) is 12.1 Å². The summed E-state index contributed by atoms with van der Waals surface area (Å²) < 4.78 is 12.6. The summed E-state index contributed by atoms with van der Waals surface area (Å²) in [6, 6.07) is 6.40. The summed E-state index contributed by atoms with van der Waals surface area (Å²) in [6.45, 7) is 0. The average molecular weight is 190 g/mol. The van der Waals surface area contributed by atoms with E-state index in [4.69, 9.17) is 0 Å². The summed E-state index contributed by atoms with van der Waals surface area (Å²) in [6.07, 6.45) is 4.93. The van der Waals surface area contributed by atoms with E-state index in [0.29, 0.717) is 6.42 Å². The molecular weight excluding hydrogens is 179 g/mol. The van der Waals surface area contributed by atoms with Gasteiger partial charge in [0.05, 0.1) is 0 Å². The van der Waals surface area contributed by atoms with Crippen LogP contribution in [-0.2, 0) is 4.79 Å². The van der Waals surface area contributed by atoms with Crippen molar-refractivity contribution in [2.75, 3.05) is 0 Å². The van der Waals surface area contributed by atoms with Crippen LogP contribution in [0.3, 0.4) is 0 Å². The van der Waals surface area contributed by atoms with E-state index in [2.05, 4.69) is 0 Å². The minimum Gasteiger partial charge on any atom is -0.295 e. The molecule has 0 fully saturated rings. The molecule has 0 spiro atoms. The number of rotatable bonds is 1. The lowest BCUT2D eigenvalue weighted by Crippen LogP contribution is -2.08. The quantitative estimate of drug-likeness (QED) is 0.665. The lowest BCUT2D eigenvalue weighted by molar-refractivity contribution is -0.115. The van der Waals surface area contributed by atoms with Crippen molar-refractivity contribution in [3.05, 3.63) is 47.8 Å². The molecule has 0 N–H and O–H groups in total. The summed E-state index contributed by atoms with van der Waals surface area (Å²) in [4.78, 5) is 11.2. The standard InChI is InChI=1S/C12H11FO/c13-11-6-4-9(5-7-11)10-2-1-3-12(14)8-10/h1,3-7,10H,2,8H2. The lowest BCUT2D eigenvalue weighted by Gasteiger charge is -2.16. The van der Waals surface area contributed by atoms with Crippen LogP contribution >= 0.6 is 0 Å². The third-order valence-corrected chi connectivity index (χ3v) is 2.51. The minimum absolute atomic E-state index is 0.158. The number of carbonyl (C=O) groups is 1. The summed E-state index contributed by atoms with van der Waals surface area (Å²) in [5.41, 5.74) is 1.05. The first-order chi connectivity index (χ1) is 6.75. The highest BCUT2D eigenvalue weighted by Crippen LogP contribution is 2.27. The molecule has 1 aliphatic carbocycles. The van der Waals surface area contributed by atoms with Crippen molar-refractivity contribution in [3.63, 3.8) is 0 Å². The molecule has 1 aromatic rings. The summed E-state index contributed by atoms with van der Waals surface area (Å²) >= 11 is 0. The Kier molecular flexibility index (Phi) is 2.44. The molecule has 0 aromatic heterocycles. The Bertz CT molecular complexity index is 364. The summed E-state index contributed by atoms with van der Waals surface area (Å²) in [5.74, 6) is 0.158. The van der Waals surface area contributed by atoms with Gasteiger partial charge >= 0.3 is 0 Å². The van der Waals surface area contributed by atoms with Crippen LogP contribution in [0.1, 0.15) is 24.3 Å². The maximum Gasteiger partial charge on any atom is 0.155 e. The highest BCUT2D eigenvalue weighted by atomic mass is 19.1. The molecular formula is C12H11FO. The van der Waals surface area contributed by atoms with Crippen LogP contribution in [0.15, 0.2) is 36.4 Å². The topological polar surface area (TPSA) is 17.1 Å². The smallest absolute Gasteiger partial charge is 0.155 e. The molecule has 1 nitrogen and oxygen atoms in total. The highest BCUT2D eigenvalue weighted by Gasteiger charge is 2.16. The molecule has 1 unspecified atom stereocenters. The van der Waals surface area contributed by atoms with E-state index in [1.54, 1.807) is 18.2 Å². The second-order valence-corrected chi connectivity index (χ2v) is 3.56. The van der Waals surface area contributed by atoms with Gasteiger partial charge in [0.25, 0.3) is 0 Å². The number of carbonyl (C=O) groups excluding carboxylic acids is 1. The maximum absolute atomic E-state index is 12.6. The normalized spacial score (nSPS) is 21.2. The van der Waals surface area contributed by atoms with E-state index in [9.17, 15) is 9.18 Å². The fourth-order valence-electron chi connectivity index (χ4n) is 1.75. The van der Waals surface area contributed by atoms with Gasteiger partial charge in [-0.05, 0) is 36.1 Å². The van der Waals surface area contributed by atoms with E-state index in [1.807, 2.05) is 6.08 Å². The van der Waals surface area contributed by atoms with Gasteiger partial charge in [0.2, 0.25) is 0 Å². The van der Waals surface area contributed by atoms with Crippen LogP contribution in [0.5, 0.6) is 0 Å². The van der Waals surface area contributed by atoms with Crippen molar-refractivity contribution in [2.45, 2.75) is 18.8 Å². The van der Waals surface area contributed by atoms with Gasteiger partial charge in [0.15, 0.2) is 5.78 Å². The first-order valence-corrected chi connectivity index (χ1v) is 4.70. The summed E-state index contributed by atoms with van der Waals surface area (Å²) in [7, 11) is 0. The third kappa shape index (κ3) is 1.90. The molecule has 2 heteroatoms.